The zero-order valence-corrected chi connectivity index (χ0v) is 33.7. The van der Waals surface area contributed by atoms with Crippen molar-refractivity contribution in [1.82, 2.24) is 0 Å². The number of hydrogen-bond donors (Lipinski definition) is 0. The molecule has 8 aliphatic carbocycles. The van der Waals surface area contributed by atoms with Crippen molar-refractivity contribution in [2.75, 3.05) is 0 Å². The predicted octanol–water partition coefficient (Wildman–Crippen LogP) is 10.4. The summed E-state index contributed by atoms with van der Waals surface area (Å²) >= 11 is 0. The molecule has 0 N–H and O–H groups in total. The van der Waals surface area contributed by atoms with E-state index in [-0.39, 0.29) is 55.8 Å². The van der Waals surface area contributed by atoms with Gasteiger partial charge in [0.2, 0.25) is 0 Å². The Morgan fingerprint density at radius 3 is 1.27 bits per heavy atom. The SMILES string of the molecule is C[C@@]12C[C@@]34CCC=C[C@]3(c3ccccc3)[C@H]4[C@]1(OC(=O)c1ccc([N+](=O)[O-])cc1)C2.C[C@@]12C[C@@]34CCC=C[C@]3(c3ccccc3)[C@H]4[C@]1(OC(=O)c1ccc([N+](=O)[O-])cc1)C2. The number of carbonyl (C=O) groups is 2. The van der Waals surface area contributed by atoms with Crippen molar-refractivity contribution in [2.24, 2.45) is 33.5 Å². The molecule has 60 heavy (non-hydrogen) atoms. The summed E-state index contributed by atoms with van der Waals surface area (Å²) in [4.78, 5) is 47.0. The van der Waals surface area contributed by atoms with E-state index in [0.717, 1.165) is 51.4 Å². The van der Waals surface area contributed by atoms with Crippen LogP contribution in [0.5, 0.6) is 0 Å². The van der Waals surface area contributed by atoms with Crippen LogP contribution in [0.3, 0.4) is 0 Å². The minimum Gasteiger partial charge on any atom is -0.455 e. The van der Waals surface area contributed by atoms with Crippen molar-refractivity contribution in [2.45, 2.75) is 87.2 Å². The molecule has 0 aromatic heterocycles. The highest BCUT2D eigenvalue weighted by Gasteiger charge is 2.97. The van der Waals surface area contributed by atoms with Crippen molar-refractivity contribution in [3.05, 3.63) is 176 Å². The van der Waals surface area contributed by atoms with Gasteiger partial charge in [-0.1, -0.05) is 98.8 Å². The summed E-state index contributed by atoms with van der Waals surface area (Å²) in [6.45, 7) is 4.51. The van der Waals surface area contributed by atoms with E-state index in [4.69, 9.17) is 9.47 Å². The number of allylic oxidation sites excluding steroid dienone is 4. The van der Waals surface area contributed by atoms with Crippen LogP contribution in [0.2, 0.25) is 0 Å². The second-order valence-corrected chi connectivity index (χ2v) is 19.5. The lowest BCUT2D eigenvalue weighted by Gasteiger charge is -2.31. The van der Waals surface area contributed by atoms with Crippen LogP contribution < -0.4 is 0 Å². The first-order chi connectivity index (χ1) is 28.8. The van der Waals surface area contributed by atoms with E-state index in [2.05, 4.69) is 86.7 Å². The Balaban J connectivity index is 0.000000136. The number of ether oxygens (including phenoxy) is 2. The molecule has 4 aromatic carbocycles. The predicted molar refractivity (Wildman–Crippen MR) is 222 cm³/mol. The third-order valence-electron chi connectivity index (χ3n) is 16.9. The van der Waals surface area contributed by atoms with Crippen molar-refractivity contribution in [1.29, 1.82) is 0 Å². The van der Waals surface area contributed by atoms with Crippen LogP contribution in [0, 0.1) is 53.7 Å². The summed E-state index contributed by atoms with van der Waals surface area (Å²) in [5.74, 6) is -0.153. The van der Waals surface area contributed by atoms with Gasteiger partial charge in [-0.2, -0.15) is 0 Å². The summed E-state index contributed by atoms with van der Waals surface area (Å²) in [6, 6.07) is 32.7. The van der Waals surface area contributed by atoms with Crippen molar-refractivity contribution < 1.29 is 28.9 Å². The largest absolute Gasteiger partial charge is 0.455 e. The van der Waals surface area contributed by atoms with Crippen molar-refractivity contribution in [3.63, 3.8) is 0 Å². The standard InChI is InChI=1S/2C25H23NO4/c2*1-22-15-23-13-5-6-14-24(23,18-7-3-2-4-8-18)21(23)25(22,16-22)30-20(27)17-9-11-19(12-10-17)26(28)29/h2*2-4,6-12,14,21H,5,13,15-16H2,1H3/t2*21-,22-,23+,24-,25+/m00/s1. The molecule has 10 nitrogen and oxygen atoms in total. The fourth-order valence-electron chi connectivity index (χ4n) is 14.6. The minimum absolute atomic E-state index is 0.0254. The fourth-order valence-corrected chi connectivity index (χ4v) is 14.6. The Labute approximate surface area is 348 Å². The molecule has 304 valence electrons. The van der Waals surface area contributed by atoms with Crippen LogP contribution in [0.15, 0.2) is 133 Å². The Bertz CT molecular complexity index is 2400. The first-order valence-corrected chi connectivity index (χ1v) is 21.2. The summed E-state index contributed by atoms with van der Waals surface area (Å²) in [6.07, 6.45) is 17.7. The van der Waals surface area contributed by atoms with Gasteiger partial charge < -0.3 is 9.47 Å². The third-order valence-corrected chi connectivity index (χ3v) is 16.9. The molecule has 0 radical (unpaired) electrons. The number of fused-ring (bicyclic) bond motifs is 6. The first-order valence-electron chi connectivity index (χ1n) is 21.2. The van der Waals surface area contributed by atoms with Gasteiger partial charge in [-0.15, -0.1) is 0 Å². The van der Waals surface area contributed by atoms with Crippen molar-refractivity contribution >= 4 is 23.3 Å². The normalized spacial score (nSPS) is 39.4. The summed E-state index contributed by atoms with van der Waals surface area (Å²) in [5, 5.41) is 21.8. The van der Waals surface area contributed by atoms with Crippen LogP contribution >= 0.6 is 0 Å². The molecular weight excluding hydrogens is 757 g/mol. The molecular formula is C50H46N2O8. The topological polar surface area (TPSA) is 139 Å². The Morgan fingerprint density at radius 2 is 0.917 bits per heavy atom. The lowest BCUT2D eigenvalue weighted by molar-refractivity contribution is -0.385. The number of nitrogens with zero attached hydrogens (tertiary/aromatic N) is 2. The average Bonchev–Trinajstić information content (AvgIpc) is 4.21. The molecule has 6 saturated carbocycles. The first kappa shape index (κ1) is 37.1. The van der Waals surface area contributed by atoms with Gasteiger partial charge in [-0.25, -0.2) is 9.59 Å². The number of non-ortho nitro benzene ring substituents is 2. The molecule has 6 fully saturated rings. The van der Waals surface area contributed by atoms with Crippen LogP contribution in [0.25, 0.3) is 0 Å². The molecule has 0 unspecified atom stereocenters. The molecule has 8 aliphatic rings. The molecule has 0 heterocycles. The molecule has 0 amide bonds. The van der Waals surface area contributed by atoms with Crippen LogP contribution in [0.4, 0.5) is 11.4 Å². The highest BCUT2D eigenvalue weighted by molar-refractivity contribution is 5.91. The van der Waals surface area contributed by atoms with Crippen LogP contribution in [0.1, 0.15) is 97.1 Å². The van der Waals surface area contributed by atoms with E-state index in [9.17, 15) is 29.8 Å². The minimum atomic E-state index is -0.461. The summed E-state index contributed by atoms with van der Waals surface area (Å²) in [5.41, 5.74) is 2.76. The molecule has 0 bridgehead atoms. The van der Waals surface area contributed by atoms with Gasteiger partial charge >= 0.3 is 11.9 Å². The maximum absolute atomic E-state index is 13.1. The zero-order valence-electron chi connectivity index (χ0n) is 33.7. The second kappa shape index (κ2) is 11.9. The van der Waals surface area contributed by atoms with Crippen LogP contribution in [-0.4, -0.2) is 33.0 Å². The molecule has 12 rings (SSSR count). The molecule has 10 atom stereocenters. The van der Waals surface area contributed by atoms with E-state index >= 15 is 0 Å². The van der Waals surface area contributed by atoms with E-state index in [1.807, 2.05) is 12.1 Å². The van der Waals surface area contributed by atoms with Gasteiger partial charge in [0, 0.05) is 57.8 Å². The Hall–Kier alpha value is -5.90. The number of rotatable bonds is 8. The smallest absolute Gasteiger partial charge is 0.338 e. The maximum Gasteiger partial charge on any atom is 0.338 e. The number of nitro groups is 2. The van der Waals surface area contributed by atoms with Crippen LogP contribution in [-0.2, 0) is 20.3 Å². The number of esters is 2. The highest BCUT2D eigenvalue weighted by atomic mass is 16.6. The molecule has 10 heteroatoms. The fraction of sp³-hybridized carbons (Fsp3) is 0.400. The lowest BCUT2D eigenvalue weighted by atomic mass is 9.74. The number of benzene rings is 4. The van der Waals surface area contributed by atoms with Gasteiger partial charge in [-0.05, 0) is 97.6 Å². The Morgan fingerprint density at radius 1 is 0.550 bits per heavy atom. The van der Waals surface area contributed by atoms with E-state index < -0.39 is 21.0 Å². The molecule has 0 saturated heterocycles. The number of nitro benzene ring substituents is 2. The molecule has 0 aliphatic heterocycles. The van der Waals surface area contributed by atoms with E-state index in [1.165, 1.54) is 59.7 Å². The van der Waals surface area contributed by atoms with Gasteiger partial charge in [0.05, 0.1) is 21.0 Å². The number of hydrogen-bond acceptors (Lipinski definition) is 8. The monoisotopic (exact) mass is 802 g/mol. The van der Waals surface area contributed by atoms with Gasteiger partial charge in [0.1, 0.15) is 11.2 Å². The zero-order chi connectivity index (χ0) is 41.6. The van der Waals surface area contributed by atoms with Gasteiger partial charge in [0.15, 0.2) is 0 Å². The maximum atomic E-state index is 13.1. The lowest BCUT2D eigenvalue weighted by Crippen LogP contribution is -2.32. The number of carbonyl (C=O) groups excluding carboxylic acids is 2. The Kier molecular flexibility index (Phi) is 7.36. The van der Waals surface area contributed by atoms with E-state index in [1.54, 1.807) is 0 Å². The van der Waals surface area contributed by atoms with Gasteiger partial charge in [0.25, 0.3) is 11.4 Å². The van der Waals surface area contributed by atoms with Crippen molar-refractivity contribution in [3.8, 4) is 0 Å². The summed E-state index contributed by atoms with van der Waals surface area (Å²) < 4.78 is 12.6. The van der Waals surface area contributed by atoms with E-state index in [0.29, 0.717) is 23.0 Å². The second-order valence-electron chi connectivity index (χ2n) is 19.5. The highest BCUT2D eigenvalue weighted by Crippen LogP contribution is 2.95. The quantitative estimate of drug-likeness (QED) is 0.0742. The average molecular weight is 803 g/mol. The summed E-state index contributed by atoms with van der Waals surface area (Å²) in [7, 11) is 0. The molecule has 2 spiro atoms. The third kappa shape index (κ3) is 4.49. The van der Waals surface area contributed by atoms with Gasteiger partial charge in [-0.3, -0.25) is 20.2 Å². The molecule has 4 aromatic rings.